The van der Waals surface area contributed by atoms with E-state index in [1.165, 1.54) is 37.3 Å². The number of nitrogens with zero attached hydrogens (tertiary/aromatic N) is 3. The summed E-state index contributed by atoms with van der Waals surface area (Å²) in [7, 11) is 0. The fourth-order valence-corrected chi connectivity index (χ4v) is 3.76. The van der Waals surface area contributed by atoms with E-state index in [0.29, 0.717) is 12.0 Å². The molecule has 0 aliphatic carbocycles. The Hall–Kier alpha value is -0.870. The SMILES string of the molecule is CCN1CCCC1Cc1ncc2n1CCCC2CO. The van der Waals surface area contributed by atoms with Gasteiger partial charge in [-0.2, -0.15) is 0 Å². The number of aliphatic hydroxyl groups is 1. The highest BCUT2D eigenvalue weighted by Gasteiger charge is 2.27. The van der Waals surface area contributed by atoms with Crippen LogP contribution in [-0.4, -0.2) is 45.3 Å². The fraction of sp³-hybridized carbons (Fsp3) is 0.800. The van der Waals surface area contributed by atoms with Crippen LogP contribution in [0.15, 0.2) is 6.20 Å². The minimum absolute atomic E-state index is 0.260. The summed E-state index contributed by atoms with van der Waals surface area (Å²) in [6.45, 7) is 5.99. The van der Waals surface area contributed by atoms with Crippen LogP contribution in [0.1, 0.15) is 50.0 Å². The van der Waals surface area contributed by atoms with Crippen molar-refractivity contribution in [2.75, 3.05) is 19.7 Å². The Morgan fingerprint density at radius 2 is 2.16 bits per heavy atom. The first-order valence-corrected chi connectivity index (χ1v) is 7.72. The van der Waals surface area contributed by atoms with Crippen molar-refractivity contribution in [2.24, 2.45) is 0 Å². The summed E-state index contributed by atoms with van der Waals surface area (Å²) in [5, 5.41) is 9.46. The second-order valence-corrected chi connectivity index (χ2v) is 5.90. The molecule has 2 aliphatic heterocycles. The Morgan fingerprint density at radius 3 is 2.95 bits per heavy atom. The van der Waals surface area contributed by atoms with E-state index in [1.54, 1.807) is 0 Å². The average Bonchev–Trinajstić information content (AvgIpc) is 3.06. The van der Waals surface area contributed by atoms with Crippen LogP contribution < -0.4 is 0 Å². The third-order valence-electron chi connectivity index (χ3n) is 4.87. The largest absolute Gasteiger partial charge is 0.396 e. The van der Waals surface area contributed by atoms with E-state index in [1.807, 2.05) is 6.20 Å². The van der Waals surface area contributed by atoms with E-state index in [2.05, 4.69) is 21.4 Å². The zero-order valence-electron chi connectivity index (χ0n) is 11.9. The third-order valence-corrected chi connectivity index (χ3v) is 4.87. The first kappa shape index (κ1) is 13.1. The van der Waals surface area contributed by atoms with Crippen LogP contribution in [0.5, 0.6) is 0 Å². The molecule has 4 nitrogen and oxygen atoms in total. The maximum atomic E-state index is 9.46. The second-order valence-electron chi connectivity index (χ2n) is 5.90. The van der Waals surface area contributed by atoms with Crippen molar-refractivity contribution in [3.63, 3.8) is 0 Å². The summed E-state index contributed by atoms with van der Waals surface area (Å²) in [6.07, 6.45) is 7.98. The summed E-state index contributed by atoms with van der Waals surface area (Å²) in [6, 6.07) is 0.672. The van der Waals surface area contributed by atoms with Crippen molar-refractivity contribution in [1.82, 2.24) is 14.5 Å². The minimum Gasteiger partial charge on any atom is -0.396 e. The molecule has 2 aliphatic rings. The van der Waals surface area contributed by atoms with Crippen molar-refractivity contribution in [2.45, 2.75) is 57.5 Å². The predicted octanol–water partition coefficient (Wildman–Crippen LogP) is 1.78. The number of fused-ring (bicyclic) bond motifs is 1. The molecule has 0 amide bonds. The van der Waals surface area contributed by atoms with Gasteiger partial charge >= 0.3 is 0 Å². The molecule has 1 aromatic rings. The molecule has 1 N–H and O–H groups in total. The average molecular weight is 263 g/mol. The van der Waals surface area contributed by atoms with Gasteiger partial charge in [-0.05, 0) is 38.8 Å². The number of aromatic nitrogens is 2. The molecule has 106 valence electrons. The van der Waals surface area contributed by atoms with Gasteiger partial charge in [0.25, 0.3) is 0 Å². The highest BCUT2D eigenvalue weighted by molar-refractivity contribution is 5.14. The molecule has 19 heavy (non-hydrogen) atoms. The number of hydrogen-bond acceptors (Lipinski definition) is 3. The van der Waals surface area contributed by atoms with Gasteiger partial charge in [-0.3, -0.25) is 0 Å². The van der Waals surface area contributed by atoms with Crippen molar-refractivity contribution in [1.29, 1.82) is 0 Å². The molecule has 0 bridgehead atoms. The van der Waals surface area contributed by atoms with Crippen LogP contribution >= 0.6 is 0 Å². The maximum absolute atomic E-state index is 9.46. The lowest BCUT2D eigenvalue weighted by Crippen LogP contribution is -2.32. The first-order valence-electron chi connectivity index (χ1n) is 7.72. The normalized spacial score (nSPS) is 27.7. The van der Waals surface area contributed by atoms with Crippen molar-refractivity contribution < 1.29 is 5.11 Å². The predicted molar refractivity (Wildman–Crippen MR) is 75.3 cm³/mol. The summed E-state index contributed by atoms with van der Waals surface area (Å²) >= 11 is 0. The topological polar surface area (TPSA) is 41.3 Å². The number of hydrogen-bond donors (Lipinski definition) is 1. The zero-order valence-corrected chi connectivity index (χ0v) is 11.9. The first-order chi connectivity index (χ1) is 9.33. The van der Waals surface area contributed by atoms with Crippen LogP contribution in [0.4, 0.5) is 0 Å². The minimum atomic E-state index is 0.260. The van der Waals surface area contributed by atoms with E-state index in [4.69, 9.17) is 0 Å². The van der Waals surface area contributed by atoms with Gasteiger partial charge in [0.1, 0.15) is 5.82 Å². The quantitative estimate of drug-likeness (QED) is 0.900. The lowest BCUT2D eigenvalue weighted by Gasteiger charge is -2.26. The lowest BCUT2D eigenvalue weighted by atomic mass is 9.97. The molecule has 0 spiro atoms. The summed E-state index contributed by atoms with van der Waals surface area (Å²) < 4.78 is 2.37. The molecule has 2 atom stereocenters. The van der Waals surface area contributed by atoms with Gasteiger partial charge in [-0.15, -0.1) is 0 Å². The lowest BCUT2D eigenvalue weighted by molar-refractivity contribution is 0.237. The van der Waals surface area contributed by atoms with E-state index >= 15 is 0 Å². The molecule has 2 unspecified atom stereocenters. The second kappa shape index (κ2) is 5.63. The Morgan fingerprint density at radius 1 is 1.32 bits per heavy atom. The van der Waals surface area contributed by atoms with Crippen molar-refractivity contribution in [3.05, 3.63) is 17.7 Å². The number of rotatable bonds is 4. The molecule has 4 heteroatoms. The molecule has 3 rings (SSSR count). The Bertz CT molecular complexity index is 429. The van der Waals surface area contributed by atoms with Gasteiger partial charge in [0.15, 0.2) is 0 Å². The number of imidazole rings is 1. The molecular weight excluding hydrogens is 238 g/mol. The van der Waals surface area contributed by atoms with Crippen molar-refractivity contribution >= 4 is 0 Å². The van der Waals surface area contributed by atoms with Crippen molar-refractivity contribution in [3.8, 4) is 0 Å². The Labute approximate surface area is 115 Å². The molecule has 1 aromatic heterocycles. The van der Waals surface area contributed by atoms with Crippen LogP contribution in [0.3, 0.4) is 0 Å². The van der Waals surface area contributed by atoms with E-state index in [-0.39, 0.29) is 6.61 Å². The molecule has 0 radical (unpaired) electrons. The van der Waals surface area contributed by atoms with Crippen LogP contribution in [0, 0.1) is 0 Å². The highest BCUT2D eigenvalue weighted by atomic mass is 16.3. The molecule has 1 saturated heterocycles. The Kier molecular flexibility index (Phi) is 3.89. The summed E-state index contributed by atoms with van der Waals surface area (Å²) in [5.74, 6) is 1.54. The third kappa shape index (κ3) is 2.43. The van der Waals surface area contributed by atoms with E-state index in [9.17, 15) is 5.11 Å². The number of aliphatic hydroxyl groups excluding tert-OH is 1. The van der Waals surface area contributed by atoms with Crippen LogP contribution in [0.2, 0.25) is 0 Å². The maximum Gasteiger partial charge on any atom is 0.110 e. The summed E-state index contributed by atoms with van der Waals surface area (Å²) in [4.78, 5) is 7.23. The highest BCUT2D eigenvalue weighted by Crippen LogP contribution is 2.29. The van der Waals surface area contributed by atoms with Gasteiger partial charge in [0.2, 0.25) is 0 Å². The smallest absolute Gasteiger partial charge is 0.110 e. The zero-order chi connectivity index (χ0) is 13.2. The molecule has 3 heterocycles. The molecule has 0 saturated carbocycles. The molecule has 0 aromatic carbocycles. The van der Waals surface area contributed by atoms with Crippen LogP contribution in [0.25, 0.3) is 0 Å². The Balaban J connectivity index is 1.77. The van der Waals surface area contributed by atoms with E-state index < -0.39 is 0 Å². The molecule has 1 fully saturated rings. The number of likely N-dealkylation sites (N-methyl/N-ethyl adjacent to an activating group) is 1. The van der Waals surface area contributed by atoms with Crippen LogP contribution in [-0.2, 0) is 13.0 Å². The van der Waals surface area contributed by atoms with E-state index in [0.717, 1.165) is 25.9 Å². The number of likely N-dealkylation sites (tertiary alicyclic amines) is 1. The summed E-state index contributed by atoms with van der Waals surface area (Å²) in [5.41, 5.74) is 1.25. The fourth-order valence-electron chi connectivity index (χ4n) is 3.76. The molecular formula is C15H25N3O. The monoisotopic (exact) mass is 263 g/mol. The van der Waals surface area contributed by atoms with Gasteiger partial charge in [-0.25, -0.2) is 4.98 Å². The van der Waals surface area contributed by atoms with Gasteiger partial charge in [0.05, 0.1) is 6.61 Å². The van der Waals surface area contributed by atoms with Gasteiger partial charge in [-0.1, -0.05) is 6.92 Å². The van der Waals surface area contributed by atoms with Gasteiger partial charge in [0, 0.05) is 36.8 Å². The van der Waals surface area contributed by atoms with Gasteiger partial charge < -0.3 is 14.6 Å². The standard InChI is InChI=1S/C15H25N3O/c1-2-17-7-4-6-13(17)9-15-16-10-14-12(11-19)5-3-8-18(14)15/h10,12-13,19H,2-9,11H2,1H3.